The topological polar surface area (TPSA) is 123 Å². The van der Waals surface area contributed by atoms with Gasteiger partial charge in [-0.25, -0.2) is 9.59 Å². The molecule has 9 heteroatoms. The van der Waals surface area contributed by atoms with Crippen molar-refractivity contribution < 1.29 is 39.1 Å². The van der Waals surface area contributed by atoms with E-state index in [1.807, 2.05) is 22.6 Å². The second-order valence-electron chi connectivity index (χ2n) is 7.70. The van der Waals surface area contributed by atoms with E-state index in [0.29, 0.717) is 21.1 Å². The van der Waals surface area contributed by atoms with E-state index in [9.17, 15) is 24.9 Å². The maximum Gasteiger partial charge on any atom is 0.340 e. The van der Waals surface area contributed by atoms with Crippen LogP contribution in [0.1, 0.15) is 37.4 Å². The maximum atomic E-state index is 12.9. The summed E-state index contributed by atoms with van der Waals surface area (Å²) in [6.07, 6.45) is -0.783. The molecule has 0 radical (unpaired) electrons. The molecule has 0 saturated carbocycles. The first-order valence-corrected chi connectivity index (χ1v) is 11.5. The number of aliphatic hydroxyl groups is 1. The van der Waals surface area contributed by atoms with E-state index in [2.05, 4.69) is 0 Å². The number of hydrogen-bond acceptors (Lipinski definition) is 8. The summed E-state index contributed by atoms with van der Waals surface area (Å²) in [5, 5.41) is 29.7. The number of carbonyl (C=O) groups is 2. The van der Waals surface area contributed by atoms with Crippen molar-refractivity contribution in [2.45, 2.75) is 11.7 Å². The first kappa shape index (κ1) is 21.5. The Morgan fingerprint density at radius 3 is 2.21 bits per heavy atom. The Morgan fingerprint density at radius 1 is 0.970 bits per heavy atom. The Hall–Kier alpha value is -3.31. The molecule has 2 aliphatic heterocycles. The molecule has 2 aliphatic rings. The van der Waals surface area contributed by atoms with Gasteiger partial charge in [-0.2, -0.15) is 0 Å². The van der Waals surface area contributed by atoms with Gasteiger partial charge in [-0.15, -0.1) is 0 Å². The fourth-order valence-corrected chi connectivity index (χ4v) is 4.38. The number of aromatic hydroxyl groups is 2. The maximum absolute atomic E-state index is 12.9. The molecule has 1 unspecified atom stereocenters. The molecule has 0 saturated heterocycles. The van der Waals surface area contributed by atoms with Gasteiger partial charge in [0.2, 0.25) is 0 Å². The standard InChI is InChI=1S/C24H17IO8/c25-10-15(28)11-31-22(29)12-1-4-16-19(7-12)24(33-23(16)30)17-5-2-13(26)8-20(17)32-21-9-14(27)3-6-18(21)24/h1-9,15,26-28H,10-11H2. The van der Waals surface area contributed by atoms with Crippen LogP contribution in [0.15, 0.2) is 54.6 Å². The van der Waals surface area contributed by atoms with Crippen LogP contribution in [-0.4, -0.2) is 44.4 Å². The van der Waals surface area contributed by atoms with Gasteiger partial charge in [-0.05, 0) is 42.5 Å². The highest BCUT2D eigenvalue weighted by molar-refractivity contribution is 14.1. The van der Waals surface area contributed by atoms with Crippen LogP contribution in [0.2, 0.25) is 0 Å². The van der Waals surface area contributed by atoms with Crippen LogP contribution in [-0.2, 0) is 15.1 Å². The van der Waals surface area contributed by atoms with Crippen LogP contribution in [0.3, 0.4) is 0 Å². The molecule has 0 bridgehead atoms. The quantitative estimate of drug-likeness (QED) is 0.252. The molecule has 2 heterocycles. The molecule has 33 heavy (non-hydrogen) atoms. The van der Waals surface area contributed by atoms with Crippen LogP contribution in [0.5, 0.6) is 23.0 Å². The third-order valence-electron chi connectivity index (χ3n) is 5.59. The summed E-state index contributed by atoms with van der Waals surface area (Å²) in [6.45, 7) is -0.155. The molecule has 1 spiro atoms. The van der Waals surface area contributed by atoms with Gasteiger partial charge in [0.15, 0.2) is 5.60 Å². The van der Waals surface area contributed by atoms with Gasteiger partial charge < -0.3 is 29.5 Å². The predicted molar refractivity (Wildman–Crippen MR) is 123 cm³/mol. The minimum absolute atomic E-state index is 0.0526. The molecule has 5 rings (SSSR count). The predicted octanol–water partition coefficient (Wildman–Crippen LogP) is 3.62. The summed E-state index contributed by atoms with van der Waals surface area (Å²) in [6, 6.07) is 13.3. The lowest BCUT2D eigenvalue weighted by molar-refractivity contribution is 0.0224. The lowest BCUT2D eigenvalue weighted by Crippen LogP contribution is -2.33. The molecule has 168 valence electrons. The number of esters is 2. The van der Waals surface area contributed by atoms with Crippen LogP contribution in [0.25, 0.3) is 0 Å². The summed E-state index contributed by atoms with van der Waals surface area (Å²) in [4.78, 5) is 25.6. The molecule has 0 fully saturated rings. The Bertz CT molecular complexity index is 1250. The lowest BCUT2D eigenvalue weighted by Gasteiger charge is -2.36. The molecule has 3 aromatic rings. The monoisotopic (exact) mass is 560 g/mol. The van der Waals surface area contributed by atoms with E-state index >= 15 is 0 Å². The number of halogens is 1. The van der Waals surface area contributed by atoms with Crippen molar-refractivity contribution in [3.05, 3.63) is 82.4 Å². The molecule has 3 aromatic carbocycles. The number of carbonyl (C=O) groups excluding carboxylic acids is 2. The van der Waals surface area contributed by atoms with Crippen LogP contribution in [0.4, 0.5) is 0 Å². The van der Waals surface area contributed by atoms with Crippen molar-refractivity contribution >= 4 is 34.5 Å². The Morgan fingerprint density at radius 2 is 1.61 bits per heavy atom. The van der Waals surface area contributed by atoms with E-state index in [-0.39, 0.29) is 40.7 Å². The van der Waals surface area contributed by atoms with Crippen molar-refractivity contribution in [2.24, 2.45) is 0 Å². The van der Waals surface area contributed by atoms with E-state index < -0.39 is 23.6 Å². The third kappa shape index (κ3) is 3.39. The number of rotatable bonds is 4. The Labute approximate surface area is 201 Å². The van der Waals surface area contributed by atoms with E-state index in [1.54, 1.807) is 12.1 Å². The van der Waals surface area contributed by atoms with E-state index in [4.69, 9.17) is 14.2 Å². The number of benzene rings is 3. The number of ether oxygens (including phenoxy) is 3. The number of fused-ring (bicyclic) bond motifs is 6. The van der Waals surface area contributed by atoms with Crippen LogP contribution < -0.4 is 4.74 Å². The average molecular weight is 560 g/mol. The summed E-state index contributed by atoms with van der Waals surface area (Å²) in [5.74, 6) is -0.865. The Balaban J connectivity index is 1.70. The van der Waals surface area contributed by atoms with Gasteiger partial charge in [0.25, 0.3) is 0 Å². The first-order valence-electron chi connectivity index (χ1n) is 9.97. The molecule has 0 amide bonds. The van der Waals surface area contributed by atoms with Gasteiger partial charge in [0.1, 0.15) is 29.6 Å². The fraction of sp³-hybridized carbons (Fsp3) is 0.167. The third-order valence-corrected chi connectivity index (χ3v) is 6.61. The largest absolute Gasteiger partial charge is 0.508 e. The Kier molecular flexibility index (Phi) is 5.17. The van der Waals surface area contributed by atoms with Crippen molar-refractivity contribution in [2.75, 3.05) is 11.0 Å². The van der Waals surface area contributed by atoms with Crippen molar-refractivity contribution in [1.82, 2.24) is 0 Å². The highest BCUT2D eigenvalue weighted by atomic mass is 127. The lowest BCUT2D eigenvalue weighted by atomic mass is 9.77. The van der Waals surface area contributed by atoms with Gasteiger partial charge in [0, 0.05) is 33.3 Å². The second kappa shape index (κ2) is 7.92. The second-order valence-corrected chi connectivity index (χ2v) is 8.58. The zero-order valence-corrected chi connectivity index (χ0v) is 19.1. The first-order chi connectivity index (χ1) is 15.8. The number of aliphatic hydroxyl groups excluding tert-OH is 1. The van der Waals surface area contributed by atoms with Gasteiger partial charge >= 0.3 is 11.9 Å². The minimum atomic E-state index is -1.46. The number of phenolic OH excluding ortho intramolecular Hbond substituents is 2. The van der Waals surface area contributed by atoms with Crippen LogP contribution >= 0.6 is 22.6 Å². The highest BCUT2D eigenvalue weighted by Gasteiger charge is 2.54. The molecule has 0 aliphatic carbocycles. The smallest absolute Gasteiger partial charge is 0.340 e. The normalized spacial score (nSPS) is 15.6. The van der Waals surface area contributed by atoms with E-state index in [1.165, 1.54) is 42.5 Å². The SMILES string of the molecule is O=C(OCC(O)CI)c1ccc2c(c1)C1(OC2=O)c2ccc(O)cc2Oc2cc(O)ccc21. The van der Waals surface area contributed by atoms with Gasteiger partial charge in [0.05, 0.1) is 17.2 Å². The summed E-state index contributed by atoms with van der Waals surface area (Å²) in [7, 11) is 0. The van der Waals surface area contributed by atoms with Crippen LogP contribution in [0, 0.1) is 0 Å². The summed E-state index contributed by atoms with van der Waals surface area (Å²) >= 11 is 1.99. The van der Waals surface area contributed by atoms with Crippen molar-refractivity contribution in [1.29, 1.82) is 0 Å². The number of alkyl halides is 1. The zero-order valence-electron chi connectivity index (χ0n) is 16.9. The molecule has 8 nitrogen and oxygen atoms in total. The molecular formula is C24H17IO8. The molecule has 3 N–H and O–H groups in total. The zero-order chi connectivity index (χ0) is 23.3. The summed E-state index contributed by atoms with van der Waals surface area (Å²) in [5.41, 5.74) is 0.291. The fourth-order valence-electron chi connectivity index (χ4n) is 4.13. The van der Waals surface area contributed by atoms with Gasteiger partial charge in [-0.3, -0.25) is 0 Å². The summed E-state index contributed by atoms with van der Waals surface area (Å²) < 4.78 is 17.5. The molecular weight excluding hydrogens is 543 g/mol. The molecule has 1 atom stereocenters. The molecule has 0 aromatic heterocycles. The average Bonchev–Trinajstić information content (AvgIpc) is 3.09. The van der Waals surface area contributed by atoms with Gasteiger partial charge in [-0.1, -0.05) is 22.6 Å². The number of phenols is 2. The van der Waals surface area contributed by atoms with E-state index in [0.717, 1.165) is 0 Å². The number of hydrogen-bond donors (Lipinski definition) is 3. The minimum Gasteiger partial charge on any atom is -0.508 e. The van der Waals surface area contributed by atoms with Crippen molar-refractivity contribution in [3.8, 4) is 23.0 Å². The van der Waals surface area contributed by atoms with Crippen molar-refractivity contribution in [3.63, 3.8) is 0 Å². The highest BCUT2D eigenvalue weighted by Crippen LogP contribution is 2.57.